The molecule has 1 aliphatic rings. The summed E-state index contributed by atoms with van der Waals surface area (Å²) in [7, 11) is -2.98. The Morgan fingerprint density at radius 2 is 2.00 bits per heavy atom. The number of sulfone groups is 1. The van der Waals surface area contributed by atoms with Crippen LogP contribution in [0.15, 0.2) is 6.08 Å². The van der Waals surface area contributed by atoms with Gasteiger partial charge in [-0.2, -0.15) is 0 Å². The Balaban J connectivity index is 3.01. The highest BCUT2D eigenvalue weighted by Crippen LogP contribution is 2.21. The average Bonchev–Trinajstić information content (AvgIpc) is 1.97. The highest BCUT2D eigenvalue weighted by molar-refractivity contribution is 7.93. The molecular formula is C6H9O2S. The van der Waals surface area contributed by atoms with E-state index in [2.05, 4.69) is 5.41 Å². The van der Waals surface area contributed by atoms with Crippen LogP contribution in [0.1, 0.15) is 13.8 Å². The maximum atomic E-state index is 10.8. The van der Waals surface area contributed by atoms with Gasteiger partial charge in [0.05, 0.1) is 10.7 Å². The minimum atomic E-state index is -2.98. The van der Waals surface area contributed by atoms with E-state index in [-0.39, 0.29) is 11.2 Å². The van der Waals surface area contributed by atoms with Crippen molar-refractivity contribution in [2.24, 2.45) is 5.92 Å². The van der Waals surface area contributed by atoms with Crippen molar-refractivity contribution < 1.29 is 8.42 Å². The van der Waals surface area contributed by atoms with E-state index in [9.17, 15) is 8.42 Å². The van der Waals surface area contributed by atoms with Crippen molar-refractivity contribution in [2.45, 2.75) is 19.1 Å². The zero-order valence-electron chi connectivity index (χ0n) is 5.46. The first-order chi connectivity index (χ1) is 4.04. The molecule has 1 radical (unpaired) electrons. The molecule has 2 unspecified atom stereocenters. The quantitative estimate of drug-likeness (QED) is 0.504. The largest absolute Gasteiger partial charge is 0.223 e. The van der Waals surface area contributed by atoms with Gasteiger partial charge < -0.3 is 0 Å². The van der Waals surface area contributed by atoms with E-state index in [1.807, 2.05) is 6.92 Å². The van der Waals surface area contributed by atoms with Gasteiger partial charge in [-0.1, -0.05) is 13.0 Å². The number of hydrogen-bond donors (Lipinski definition) is 0. The predicted octanol–water partition coefficient (Wildman–Crippen LogP) is 0.756. The second kappa shape index (κ2) is 1.84. The smallest absolute Gasteiger partial charge is 0.182 e. The average molecular weight is 145 g/mol. The molecule has 0 saturated carbocycles. The lowest BCUT2D eigenvalue weighted by atomic mass is 10.1. The summed E-state index contributed by atoms with van der Waals surface area (Å²) in [5.74, 6) is 0.134. The van der Waals surface area contributed by atoms with Crippen molar-refractivity contribution in [3.05, 3.63) is 11.5 Å². The molecule has 0 aliphatic carbocycles. The zero-order valence-corrected chi connectivity index (χ0v) is 6.27. The molecule has 1 aliphatic heterocycles. The van der Waals surface area contributed by atoms with E-state index >= 15 is 0 Å². The van der Waals surface area contributed by atoms with Crippen LogP contribution in [-0.2, 0) is 9.84 Å². The molecule has 0 bridgehead atoms. The molecule has 1 heterocycles. The maximum Gasteiger partial charge on any atom is 0.182 e. The van der Waals surface area contributed by atoms with Crippen molar-refractivity contribution in [1.82, 2.24) is 0 Å². The number of allylic oxidation sites excluding steroid dienone is 1. The van der Waals surface area contributed by atoms with Gasteiger partial charge in [0.25, 0.3) is 0 Å². The Morgan fingerprint density at radius 3 is 2.11 bits per heavy atom. The van der Waals surface area contributed by atoms with E-state index in [0.29, 0.717) is 0 Å². The molecule has 9 heavy (non-hydrogen) atoms. The highest BCUT2D eigenvalue weighted by atomic mass is 32.2. The predicted molar refractivity (Wildman–Crippen MR) is 35.4 cm³/mol. The van der Waals surface area contributed by atoms with Crippen LogP contribution in [0.2, 0.25) is 0 Å². The van der Waals surface area contributed by atoms with Crippen LogP contribution < -0.4 is 0 Å². The Labute approximate surface area is 55.5 Å². The van der Waals surface area contributed by atoms with Crippen LogP contribution in [-0.4, -0.2) is 13.7 Å². The Bertz CT molecular complexity index is 225. The van der Waals surface area contributed by atoms with E-state index in [0.717, 1.165) is 0 Å². The summed E-state index contributed by atoms with van der Waals surface area (Å²) >= 11 is 0. The highest BCUT2D eigenvalue weighted by Gasteiger charge is 2.28. The van der Waals surface area contributed by atoms with Gasteiger partial charge >= 0.3 is 0 Å². The van der Waals surface area contributed by atoms with Gasteiger partial charge in [-0.25, -0.2) is 8.42 Å². The van der Waals surface area contributed by atoms with Gasteiger partial charge in [0.1, 0.15) is 0 Å². The van der Waals surface area contributed by atoms with Crippen LogP contribution >= 0.6 is 0 Å². The van der Waals surface area contributed by atoms with Gasteiger partial charge in [-0.05, 0) is 12.8 Å². The van der Waals surface area contributed by atoms with Gasteiger partial charge in [-0.15, -0.1) is 0 Å². The molecule has 0 aromatic rings. The summed E-state index contributed by atoms with van der Waals surface area (Å²) in [6, 6.07) is 0. The standard InChI is InChI=1S/C6H9O2S/c1-5-3-4-9(7,8)6(5)2/h3,5-6H,1-2H3. The van der Waals surface area contributed by atoms with Crippen molar-refractivity contribution in [3.63, 3.8) is 0 Å². The van der Waals surface area contributed by atoms with Gasteiger partial charge in [-0.3, -0.25) is 0 Å². The molecule has 2 nitrogen and oxygen atoms in total. The van der Waals surface area contributed by atoms with Gasteiger partial charge in [0.15, 0.2) is 9.84 Å². The molecule has 0 spiro atoms. The monoisotopic (exact) mass is 145 g/mol. The van der Waals surface area contributed by atoms with Crippen LogP contribution in [0.3, 0.4) is 0 Å². The third-order valence-electron chi connectivity index (χ3n) is 1.73. The topological polar surface area (TPSA) is 34.1 Å². The van der Waals surface area contributed by atoms with Crippen LogP contribution in [0.5, 0.6) is 0 Å². The fourth-order valence-electron chi connectivity index (χ4n) is 0.728. The third kappa shape index (κ3) is 1.01. The van der Waals surface area contributed by atoms with Crippen molar-refractivity contribution in [2.75, 3.05) is 0 Å². The zero-order chi connectivity index (χ0) is 7.07. The summed E-state index contributed by atoms with van der Waals surface area (Å²) in [6.45, 7) is 3.58. The Kier molecular flexibility index (Phi) is 1.39. The fourth-order valence-corrected chi connectivity index (χ4v) is 1.99. The Hall–Kier alpha value is -0.310. The maximum absolute atomic E-state index is 10.8. The van der Waals surface area contributed by atoms with Gasteiger partial charge in [0, 0.05) is 0 Å². The first kappa shape index (κ1) is 6.81. The van der Waals surface area contributed by atoms with Gasteiger partial charge in [0.2, 0.25) is 0 Å². The summed E-state index contributed by atoms with van der Waals surface area (Å²) in [5.41, 5.74) is 0. The number of hydrogen-bond acceptors (Lipinski definition) is 2. The fraction of sp³-hybridized carbons (Fsp3) is 0.667. The molecular weight excluding hydrogens is 136 g/mol. The first-order valence-corrected chi connectivity index (χ1v) is 4.43. The molecule has 3 heteroatoms. The third-order valence-corrected chi connectivity index (χ3v) is 3.60. The van der Waals surface area contributed by atoms with E-state index in [1.165, 1.54) is 0 Å². The van der Waals surface area contributed by atoms with E-state index in [4.69, 9.17) is 0 Å². The SMILES string of the molecule is CC1C=[C]S(=O)(=O)C1C. The molecule has 0 N–H and O–H groups in total. The molecule has 51 valence electrons. The van der Waals surface area contributed by atoms with Crippen LogP contribution in [0.25, 0.3) is 0 Å². The van der Waals surface area contributed by atoms with Crippen molar-refractivity contribution in [3.8, 4) is 0 Å². The molecule has 0 fully saturated rings. The second-order valence-corrected chi connectivity index (χ2v) is 4.46. The summed E-state index contributed by atoms with van der Waals surface area (Å²) in [5, 5.41) is 2.08. The molecule has 0 aromatic heterocycles. The molecule has 0 aromatic carbocycles. The molecule has 0 saturated heterocycles. The lowest BCUT2D eigenvalue weighted by Gasteiger charge is -2.05. The lowest BCUT2D eigenvalue weighted by molar-refractivity contribution is 0.580. The summed E-state index contributed by atoms with van der Waals surface area (Å²) < 4.78 is 21.7. The van der Waals surface area contributed by atoms with Crippen molar-refractivity contribution in [1.29, 1.82) is 0 Å². The number of rotatable bonds is 0. The molecule has 2 atom stereocenters. The minimum Gasteiger partial charge on any atom is -0.223 e. The Morgan fingerprint density at radius 1 is 1.44 bits per heavy atom. The summed E-state index contributed by atoms with van der Waals surface area (Å²) in [6.07, 6.45) is 1.61. The lowest BCUT2D eigenvalue weighted by Crippen LogP contribution is -2.15. The normalized spacial score (nSPS) is 39.3. The first-order valence-electron chi connectivity index (χ1n) is 2.88. The van der Waals surface area contributed by atoms with Crippen LogP contribution in [0.4, 0.5) is 0 Å². The van der Waals surface area contributed by atoms with Crippen LogP contribution in [0, 0.1) is 11.3 Å². The van der Waals surface area contributed by atoms with E-state index in [1.54, 1.807) is 13.0 Å². The second-order valence-electron chi connectivity index (χ2n) is 2.39. The van der Waals surface area contributed by atoms with E-state index < -0.39 is 9.84 Å². The molecule has 0 amide bonds. The summed E-state index contributed by atoms with van der Waals surface area (Å²) in [4.78, 5) is 0. The minimum absolute atomic E-state index is 0.134. The van der Waals surface area contributed by atoms with Crippen molar-refractivity contribution >= 4 is 9.84 Å². The molecule has 1 rings (SSSR count).